The van der Waals surface area contributed by atoms with Crippen LogP contribution in [0.1, 0.15) is 0 Å². The van der Waals surface area contributed by atoms with Crippen LogP contribution < -0.4 is 19.6 Å². The van der Waals surface area contributed by atoms with E-state index in [9.17, 15) is 0 Å². The first-order valence-corrected chi connectivity index (χ1v) is 43.6. The van der Waals surface area contributed by atoms with Gasteiger partial charge in [0.25, 0.3) is 0 Å². The summed E-state index contributed by atoms with van der Waals surface area (Å²) >= 11 is 0. The van der Waals surface area contributed by atoms with Gasteiger partial charge in [0, 0.05) is 123 Å². The van der Waals surface area contributed by atoms with Gasteiger partial charge in [0.1, 0.15) is 22.3 Å². The number of fused-ring (bicyclic) bond motifs is 12. The van der Waals surface area contributed by atoms with E-state index in [1.165, 1.54) is 43.6 Å². The molecule has 128 heavy (non-hydrogen) atoms. The zero-order valence-corrected chi connectivity index (χ0v) is 69.7. The third kappa shape index (κ3) is 13.4. The van der Waals surface area contributed by atoms with Gasteiger partial charge in [0.05, 0.1) is 22.1 Å². The van der Waals surface area contributed by atoms with Crippen molar-refractivity contribution in [3.63, 3.8) is 0 Å². The summed E-state index contributed by atoms with van der Waals surface area (Å²) in [5, 5.41) is 9.36. The molecule has 0 amide bonds. The van der Waals surface area contributed by atoms with Gasteiger partial charge >= 0.3 is 0 Å². The van der Waals surface area contributed by atoms with E-state index in [0.29, 0.717) is 0 Å². The lowest BCUT2D eigenvalue weighted by Crippen LogP contribution is -2.12. The Morgan fingerprint density at radius 3 is 0.641 bits per heavy atom. The molecule has 0 bridgehead atoms. The van der Waals surface area contributed by atoms with Crippen molar-refractivity contribution in [2.45, 2.75) is 0 Å². The van der Waals surface area contributed by atoms with E-state index in [1.54, 1.807) is 0 Å². The Kier molecular flexibility index (Phi) is 18.4. The summed E-state index contributed by atoms with van der Waals surface area (Å²) < 4.78 is 17.4. The molecule has 24 aromatic rings. The molecule has 4 heterocycles. The molecule has 0 fully saturated rings. The predicted molar refractivity (Wildman–Crippen MR) is 536 cm³/mol. The number of nitrogens with zero attached hydrogens (tertiary/aromatic N) is 6. The molecule has 0 aliphatic carbocycles. The molecule has 0 saturated heterocycles. The Morgan fingerprint density at radius 1 is 0.133 bits per heavy atom. The van der Waals surface area contributed by atoms with Crippen LogP contribution in [0, 0.1) is 0 Å². The lowest BCUT2D eigenvalue weighted by molar-refractivity contribution is 0.668. The lowest BCUT2D eigenvalue weighted by atomic mass is 10.0. The predicted octanol–water partition coefficient (Wildman–Crippen LogP) is 33.9. The second kappa shape index (κ2) is 31.6. The van der Waals surface area contributed by atoms with Gasteiger partial charge in [-0.2, -0.15) is 0 Å². The molecule has 602 valence electrons. The summed E-state index contributed by atoms with van der Waals surface area (Å²) in [6.07, 6.45) is 0. The molecule has 24 rings (SSSR count). The van der Waals surface area contributed by atoms with Crippen LogP contribution in [0.15, 0.2) is 494 Å². The van der Waals surface area contributed by atoms with Crippen LogP contribution in [-0.2, 0) is 0 Å². The highest BCUT2D eigenvalue weighted by molar-refractivity contribution is 6.13. The van der Waals surface area contributed by atoms with Gasteiger partial charge in [-0.1, -0.05) is 243 Å². The minimum atomic E-state index is 0.880. The molecule has 0 radical (unpaired) electrons. The summed E-state index contributed by atoms with van der Waals surface area (Å²) in [6.45, 7) is 0. The highest BCUT2D eigenvalue weighted by Crippen LogP contribution is 2.47. The van der Waals surface area contributed by atoms with Gasteiger partial charge in [-0.25, -0.2) is 0 Å². The molecule has 0 aliphatic rings. The van der Waals surface area contributed by atoms with Gasteiger partial charge in [-0.15, -0.1) is 0 Å². The van der Waals surface area contributed by atoms with Crippen molar-refractivity contribution in [2.24, 2.45) is 0 Å². The molecule has 0 N–H and O–H groups in total. The topological polar surface area (TPSA) is 49.1 Å². The second-order valence-electron chi connectivity index (χ2n) is 32.8. The Labute approximate surface area is 740 Å². The molecule has 8 heteroatoms. The first-order chi connectivity index (χ1) is 63.4. The van der Waals surface area contributed by atoms with Crippen molar-refractivity contribution in [2.75, 3.05) is 19.6 Å². The highest BCUT2D eigenvalue weighted by atomic mass is 16.3. The van der Waals surface area contributed by atoms with E-state index in [-0.39, 0.29) is 0 Å². The molecular weight excluding hydrogens is 1560 g/mol. The van der Waals surface area contributed by atoms with E-state index in [2.05, 4.69) is 490 Å². The van der Waals surface area contributed by atoms with E-state index < -0.39 is 0 Å². The smallest absolute Gasteiger partial charge is 0.136 e. The molecule has 0 saturated carbocycles. The summed E-state index contributed by atoms with van der Waals surface area (Å²) in [5.74, 6) is 0. The maximum atomic E-state index is 6.35. The number of benzene rings is 20. The quantitative estimate of drug-likeness (QED) is 0.0804. The third-order valence-corrected chi connectivity index (χ3v) is 25.3. The zero-order valence-electron chi connectivity index (χ0n) is 69.7. The molecule has 0 atom stereocenters. The number of hydrogen-bond acceptors (Lipinski definition) is 6. The number of aromatic nitrogens is 2. The molecular formula is C120H80N6O2. The van der Waals surface area contributed by atoms with Gasteiger partial charge in [0.15, 0.2) is 0 Å². The van der Waals surface area contributed by atoms with E-state index in [4.69, 9.17) is 8.83 Å². The highest BCUT2D eigenvalue weighted by Gasteiger charge is 2.24. The van der Waals surface area contributed by atoms with Crippen molar-refractivity contribution in [3.05, 3.63) is 485 Å². The SMILES string of the molecule is c1ccc(N(c2ccc(-c3ccc4c(c3)oc3ccccc34)cc2)c2ccc(N(c3ccc(-c4ccc(N(c5ccc(-c6ccc7c(c6)c6ccccc6n7-c6ccccc6)cc5)c5ccc(N(c6ccccc6)c6ccc(-c7ccc8c(c7)oc7ccccc78)cc6)cc5)cc4)cc3)c3ccc(-c4ccc5c(c4)c4ccccc4n5-c4ccccc4)cc3)cc2)cc1. The monoisotopic (exact) mass is 1640 g/mol. The van der Waals surface area contributed by atoms with Crippen molar-refractivity contribution in [3.8, 4) is 67.0 Å². The number of para-hydroxylation sites is 8. The second-order valence-corrected chi connectivity index (χ2v) is 32.8. The van der Waals surface area contributed by atoms with Crippen LogP contribution in [0.2, 0.25) is 0 Å². The number of hydrogen-bond donors (Lipinski definition) is 0. The van der Waals surface area contributed by atoms with Gasteiger partial charge in [-0.05, 0) is 298 Å². The van der Waals surface area contributed by atoms with Gasteiger partial charge in [0.2, 0.25) is 0 Å². The fraction of sp³-hybridized carbons (Fsp3) is 0. The lowest BCUT2D eigenvalue weighted by Gasteiger charge is -2.29. The minimum absolute atomic E-state index is 0.880. The summed E-state index contributed by atoms with van der Waals surface area (Å²) in [4.78, 5) is 9.40. The van der Waals surface area contributed by atoms with E-state index in [1.807, 2.05) is 24.3 Å². The first kappa shape index (κ1) is 74.6. The largest absolute Gasteiger partial charge is 0.456 e. The number of anilines is 12. The van der Waals surface area contributed by atoms with Crippen LogP contribution in [0.25, 0.3) is 154 Å². The van der Waals surface area contributed by atoms with Crippen LogP contribution in [-0.4, -0.2) is 9.13 Å². The van der Waals surface area contributed by atoms with E-state index in [0.717, 1.165) is 179 Å². The Balaban J connectivity index is 0.571. The van der Waals surface area contributed by atoms with Crippen LogP contribution in [0.4, 0.5) is 68.2 Å². The average Bonchev–Trinajstić information content (AvgIpc) is 1.59. The standard InChI is InChI=1S/C120H80N6O2/c1-5-21-91(22-6-1)121(95-61-45-85(46-62-95)89-49-73-109-107-31-15-19-35-117(107)127-119(109)79-89)101-65-69-103(70-66-101)123(99-57-41-83(42-58-99)87-51-75-115-111(77-87)105-29-13-17-33-113(105)125(115)93-25-9-3-10-26-93)97-53-37-81(38-54-97)82-39-55-98(56-40-82)124(100-59-43-84(44-60-100)88-52-76-116-112(78-88)106-30-14-18-34-114(106)126(116)94-27-11-4-12-28-94)104-71-67-102(68-72-104)122(92-23-7-2-8-24-92)96-63-47-86(48-64-96)90-50-74-110-108-32-16-20-36-118(108)128-120(110)80-90/h1-80H. The Bertz CT molecular complexity index is 7750. The van der Waals surface area contributed by atoms with Crippen molar-refractivity contribution < 1.29 is 8.83 Å². The fourth-order valence-electron chi connectivity index (χ4n) is 19.1. The Hall–Kier alpha value is -17.2. The van der Waals surface area contributed by atoms with Gasteiger partial charge in [-0.3, -0.25) is 0 Å². The maximum absolute atomic E-state index is 6.35. The summed E-state index contributed by atoms with van der Waals surface area (Å²) in [6, 6.07) is 175. The van der Waals surface area contributed by atoms with Gasteiger partial charge < -0.3 is 37.6 Å². The molecule has 0 aliphatic heterocycles. The minimum Gasteiger partial charge on any atom is -0.456 e. The summed E-state index contributed by atoms with van der Waals surface area (Å²) in [5.41, 5.74) is 34.1. The zero-order chi connectivity index (χ0) is 84.5. The molecule has 0 unspecified atom stereocenters. The first-order valence-electron chi connectivity index (χ1n) is 43.6. The third-order valence-electron chi connectivity index (χ3n) is 25.3. The van der Waals surface area contributed by atoms with Crippen LogP contribution in [0.3, 0.4) is 0 Å². The van der Waals surface area contributed by atoms with Crippen molar-refractivity contribution >= 4 is 156 Å². The summed E-state index contributed by atoms with van der Waals surface area (Å²) in [7, 11) is 0. The van der Waals surface area contributed by atoms with Crippen LogP contribution >= 0.6 is 0 Å². The van der Waals surface area contributed by atoms with Crippen molar-refractivity contribution in [1.82, 2.24) is 9.13 Å². The van der Waals surface area contributed by atoms with Crippen LogP contribution in [0.5, 0.6) is 0 Å². The van der Waals surface area contributed by atoms with Crippen molar-refractivity contribution in [1.29, 1.82) is 0 Å². The number of furan rings is 2. The molecule has 4 aromatic heterocycles. The Morgan fingerprint density at radius 2 is 0.336 bits per heavy atom. The number of rotatable bonds is 19. The maximum Gasteiger partial charge on any atom is 0.136 e. The fourth-order valence-corrected chi connectivity index (χ4v) is 19.1. The average molecular weight is 1640 g/mol. The molecule has 20 aromatic carbocycles. The normalized spacial score (nSPS) is 11.6. The molecule has 0 spiro atoms. The molecule has 8 nitrogen and oxygen atoms in total. The van der Waals surface area contributed by atoms with E-state index >= 15 is 0 Å².